The van der Waals surface area contributed by atoms with E-state index in [-0.39, 0.29) is 29.1 Å². The van der Waals surface area contributed by atoms with E-state index in [9.17, 15) is 21.6 Å². The Morgan fingerprint density at radius 3 is 2.56 bits per heavy atom. The van der Waals surface area contributed by atoms with E-state index in [1.165, 1.54) is 0 Å². The van der Waals surface area contributed by atoms with Crippen LogP contribution in [0.4, 0.5) is 5.69 Å². The molecule has 1 amide bonds. The standard InChI is InChI=1S/C36H49ClN2O7S2/c1-24(2)47(41,42)23-36(45-5)17-8-9-25(3)26(4)48(43,44)38-35(40)28-13-16-34-33(20-28)39(21-29-12-15-32(29)36)18-7-6-10-27-19-31(37)14-11-30(27)22-46-34/h8,11,13-14,16-17,19-20,24-26,29,32H,6-7,9-10,12,15,18,21-23H2,1-5H3,(H,38,40)/b17-8+/t25-,26+,29-,32+,36+/m0/s1. The van der Waals surface area contributed by atoms with Crippen LogP contribution in [0.3, 0.4) is 0 Å². The number of rotatable bonds is 4. The minimum absolute atomic E-state index is 0.0860. The summed E-state index contributed by atoms with van der Waals surface area (Å²) in [6.45, 7) is 8.34. The number of ether oxygens (including phenoxy) is 2. The highest BCUT2D eigenvalue weighted by molar-refractivity contribution is 7.92. The van der Waals surface area contributed by atoms with E-state index in [2.05, 4.69) is 9.62 Å². The second-order valence-corrected chi connectivity index (χ2v) is 19.1. The fourth-order valence-electron chi connectivity index (χ4n) is 7.09. The number of hydrogen-bond donors (Lipinski definition) is 1. The highest BCUT2D eigenvalue weighted by atomic mass is 35.5. The number of nitrogens with zero attached hydrogens (tertiary/aromatic N) is 1. The van der Waals surface area contributed by atoms with Gasteiger partial charge in [-0.15, -0.1) is 0 Å². The van der Waals surface area contributed by atoms with Crippen LogP contribution < -0.4 is 14.4 Å². The molecular weight excluding hydrogens is 672 g/mol. The van der Waals surface area contributed by atoms with Gasteiger partial charge in [0.2, 0.25) is 10.0 Å². The molecule has 3 aliphatic rings. The van der Waals surface area contributed by atoms with Crippen LogP contribution in [-0.2, 0) is 37.6 Å². The SMILES string of the molecule is CO[C@@]1(CS(=O)(=O)C(C)C)/C=C/C[C@H](C)[C@@H](C)S(=O)(=O)NC(=O)c2ccc3c(c2)N(CCCCc2cc(Cl)ccc2CO3)C[C@@H]2CC[C@H]21. The number of fused-ring (bicyclic) bond motifs is 3. The van der Waals surface area contributed by atoms with Crippen LogP contribution in [0.15, 0.2) is 48.6 Å². The van der Waals surface area contributed by atoms with Crippen molar-refractivity contribution in [1.82, 2.24) is 4.72 Å². The zero-order valence-corrected chi connectivity index (χ0v) is 31.0. The number of carbonyl (C=O) groups is 1. The second kappa shape index (κ2) is 14.7. The number of sulfone groups is 1. The lowest BCUT2D eigenvalue weighted by atomic mass is 9.64. The molecule has 1 N–H and O–H groups in total. The number of methoxy groups -OCH3 is 1. The minimum Gasteiger partial charge on any atom is -0.487 e. The molecule has 0 saturated heterocycles. The van der Waals surface area contributed by atoms with Gasteiger partial charge in [-0.1, -0.05) is 36.7 Å². The van der Waals surface area contributed by atoms with Crippen molar-refractivity contribution >= 4 is 43.1 Å². The third-order valence-corrected chi connectivity index (χ3v) is 15.1. The van der Waals surface area contributed by atoms with Gasteiger partial charge in [-0.25, -0.2) is 21.6 Å². The molecule has 9 nitrogen and oxygen atoms in total. The monoisotopic (exact) mass is 720 g/mol. The summed E-state index contributed by atoms with van der Waals surface area (Å²) in [5.41, 5.74) is 2.01. The Labute approximate surface area is 291 Å². The van der Waals surface area contributed by atoms with Gasteiger partial charge in [-0.2, -0.15) is 0 Å². The largest absolute Gasteiger partial charge is 0.487 e. The van der Waals surface area contributed by atoms with Crippen molar-refractivity contribution in [3.8, 4) is 5.75 Å². The number of halogens is 1. The molecule has 2 heterocycles. The summed E-state index contributed by atoms with van der Waals surface area (Å²) in [7, 11) is -5.96. The first-order valence-electron chi connectivity index (χ1n) is 16.9. The van der Waals surface area contributed by atoms with Crippen molar-refractivity contribution in [1.29, 1.82) is 0 Å². The van der Waals surface area contributed by atoms with Crippen LogP contribution in [0, 0.1) is 17.8 Å². The van der Waals surface area contributed by atoms with Gasteiger partial charge in [-0.3, -0.25) is 4.79 Å². The summed E-state index contributed by atoms with van der Waals surface area (Å²) in [5, 5.41) is -0.785. The summed E-state index contributed by atoms with van der Waals surface area (Å²) >= 11 is 6.34. The molecule has 2 bridgehead atoms. The molecule has 5 rings (SSSR count). The van der Waals surface area contributed by atoms with E-state index in [4.69, 9.17) is 21.1 Å². The molecule has 2 aromatic carbocycles. The van der Waals surface area contributed by atoms with E-state index >= 15 is 0 Å². The predicted molar refractivity (Wildman–Crippen MR) is 191 cm³/mol. The molecule has 48 heavy (non-hydrogen) atoms. The molecule has 0 radical (unpaired) electrons. The van der Waals surface area contributed by atoms with Gasteiger partial charge >= 0.3 is 0 Å². The average Bonchev–Trinajstić information content (AvgIpc) is 3.04. The molecular formula is C36H49ClN2O7S2. The van der Waals surface area contributed by atoms with Gasteiger partial charge in [0.25, 0.3) is 5.91 Å². The normalized spacial score (nSPS) is 28.9. The van der Waals surface area contributed by atoms with Crippen LogP contribution in [-0.4, -0.2) is 64.8 Å². The lowest BCUT2D eigenvalue weighted by Crippen LogP contribution is -2.55. The van der Waals surface area contributed by atoms with Crippen LogP contribution in [0.25, 0.3) is 0 Å². The van der Waals surface area contributed by atoms with E-state index in [0.717, 1.165) is 43.2 Å². The van der Waals surface area contributed by atoms with Gasteiger partial charge < -0.3 is 14.4 Å². The van der Waals surface area contributed by atoms with E-state index in [1.54, 1.807) is 46.1 Å². The van der Waals surface area contributed by atoms with Crippen molar-refractivity contribution < 1.29 is 31.1 Å². The Morgan fingerprint density at radius 1 is 1.10 bits per heavy atom. The van der Waals surface area contributed by atoms with Gasteiger partial charge in [0.05, 0.1) is 21.9 Å². The van der Waals surface area contributed by atoms with Gasteiger partial charge in [0.15, 0.2) is 9.84 Å². The Kier molecular flexibility index (Phi) is 11.2. The number of sulfonamides is 1. The van der Waals surface area contributed by atoms with E-state index < -0.39 is 41.9 Å². The molecule has 264 valence electrons. The first kappa shape index (κ1) is 36.7. The van der Waals surface area contributed by atoms with Crippen LogP contribution >= 0.6 is 11.6 Å². The number of allylic oxidation sites excluding steroid dienone is 1. The number of anilines is 1. The molecule has 2 aliphatic heterocycles. The summed E-state index contributed by atoms with van der Waals surface area (Å²) in [6, 6.07) is 10.9. The molecule has 1 fully saturated rings. The van der Waals surface area contributed by atoms with Crippen molar-refractivity contribution in [3.63, 3.8) is 0 Å². The lowest BCUT2D eigenvalue weighted by Gasteiger charge is -2.50. The molecule has 0 spiro atoms. The summed E-state index contributed by atoms with van der Waals surface area (Å²) < 4.78 is 68.7. The van der Waals surface area contributed by atoms with Crippen LogP contribution in [0.1, 0.15) is 81.3 Å². The molecule has 5 atom stereocenters. The number of benzene rings is 2. The van der Waals surface area contributed by atoms with Crippen LogP contribution in [0.5, 0.6) is 5.75 Å². The number of hydrogen-bond acceptors (Lipinski definition) is 8. The van der Waals surface area contributed by atoms with Gasteiger partial charge in [0.1, 0.15) is 18.0 Å². The van der Waals surface area contributed by atoms with E-state index in [0.29, 0.717) is 42.6 Å². The van der Waals surface area contributed by atoms with E-state index in [1.807, 2.05) is 37.3 Å². The van der Waals surface area contributed by atoms with Crippen molar-refractivity contribution in [3.05, 3.63) is 70.3 Å². The van der Waals surface area contributed by atoms with Gasteiger partial charge in [0, 0.05) is 30.8 Å². The quantitative estimate of drug-likeness (QED) is 0.364. The Hall–Kier alpha value is -2.60. The fraction of sp³-hybridized carbons (Fsp3) is 0.583. The lowest BCUT2D eigenvalue weighted by molar-refractivity contribution is -0.0596. The summed E-state index contributed by atoms with van der Waals surface area (Å²) in [4.78, 5) is 15.7. The number of carbonyl (C=O) groups excluding carboxylic acids is 1. The summed E-state index contributed by atoms with van der Waals surface area (Å²) in [5.74, 6) is -0.606. The van der Waals surface area contributed by atoms with Crippen molar-refractivity contribution in [2.75, 3.05) is 30.9 Å². The Balaban J connectivity index is 1.61. The average molecular weight is 721 g/mol. The molecule has 12 heteroatoms. The number of amides is 1. The zero-order chi connectivity index (χ0) is 34.9. The minimum atomic E-state index is -4.03. The van der Waals surface area contributed by atoms with Crippen molar-refractivity contribution in [2.45, 2.75) is 88.9 Å². The first-order chi connectivity index (χ1) is 22.7. The molecule has 2 aromatic rings. The smallest absolute Gasteiger partial charge is 0.264 e. The van der Waals surface area contributed by atoms with Gasteiger partial charge in [-0.05, 0) is 119 Å². The second-order valence-electron chi connectivity index (χ2n) is 14.0. The highest BCUT2D eigenvalue weighted by Gasteiger charge is 2.50. The van der Waals surface area contributed by atoms with Crippen LogP contribution in [0.2, 0.25) is 5.02 Å². The molecule has 0 aromatic heterocycles. The molecule has 1 saturated carbocycles. The Morgan fingerprint density at radius 2 is 1.88 bits per heavy atom. The highest BCUT2D eigenvalue weighted by Crippen LogP contribution is 2.47. The molecule has 0 unspecified atom stereocenters. The molecule has 1 aliphatic carbocycles. The first-order valence-corrected chi connectivity index (χ1v) is 20.6. The summed E-state index contributed by atoms with van der Waals surface area (Å²) in [6.07, 6.45) is 8.39. The maximum absolute atomic E-state index is 13.5. The maximum atomic E-state index is 13.5. The fourth-order valence-corrected chi connectivity index (χ4v) is 9.96. The maximum Gasteiger partial charge on any atom is 0.264 e. The Bertz CT molecular complexity index is 1740. The third kappa shape index (κ3) is 7.90. The predicted octanol–water partition coefficient (Wildman–Crippen LogP) is 6.34. The topological polar surface area (TPSA) is 119 Å². The number of aryl methyl sites for hydroxylation is 1. The number of nitrogens with one attached hydrogen (secondary N) is 1. The third-order valence-electron chi connectivity index (χ3n) is 10.7. The zero-order valence-electron chi connectivity index (χ0n) is 28.6. The van der Waals surface area contributed by atoms with Crippen molar-refractivity contribution in [2.24, 2.45) is 17.8 Å².